The SMILES string of the molecule is CC[C@H](C)[C@H](NC(=O)[C@H](Cc1nc2ccccc2s1)NC(C)=O)C(=O)N[C@@H](CCCCN)C(=O)N[C@@H](C)C[C@H](C)C(N)=O. The number of hydrogen-bond acceptors (Lipinski definition) is 8. The van der Waals surface area contributed by atoms with E-state index in [1.54, 1.807) is 13.8 Å². The second kappa shape index (κ2) is 17.5. The van der Waals surface area contributed by atoms with Crippen LogP contribution in [0.1, 0.15) is 71.7 Å². The van der Waals surface area contributed by atoms with E-state index in [9.17, 15) is 24.0 Å². The number of nitrogens with two attached hydrogens (primary N) is 2. The third-order valence-electron chi connectivity index (χ3n) is 7.37. The highest BCUT2D eigenvalue weighted by Crippen LogP contribution is 2.23. The zero-order chi connectivity index (χ0) is 32.1. The molecule has 0 bridgehead atoms. The number of rotatable bonds is 18. The smallest absolute Gasteiger partial charge is 0.243 e. The molecule has 8 N–H and O–H groups in total. The molecule has 238 valence electrons. The van der Waals surface area contributed by atoms with Crippen LogP contribution in [0, 0.1) is 11.8 Å². The monoisotopic (exact) mass is 617 g/mol. The topological polar surface area (TPSA) is 198 Å². The van der Waals surface area contributed by atoms with Crippen LogP contribution in [0.4, 0.5) is 0 Å². The first-order chi connectivity index (χ1) is 20.4. The van der Waals surface area contributed by atoms with Gasteiger partial charge in [-0.15, -0.1) is 11.3 Å². The van der Waals surface area contributed by atoms with E-state index in [0.717, 1.165) is 10.2 Å². The van der Waals surface area contributed by atoms with Crippen LogP contribution in [0.15, 0.2) is 24.3 Å². The van der Waals surface area contributed by atoms with Crippen LogP contribution in [0.25, 0.3) is 10.2 Å². The van der Waals surface area contributed by atoms with E-state index in [4.69, 9.17) is 11.5 Å². The van der Waals surface area contributed by atoms with Crippen LogP contribution >= 0.6 is 11.3 Å². The average molecular weight is 618 g/mol. The Morgan fingerprint density at radius 2 is 1.58 bits per heavy atom. The molecule has 0 saturated carbocycles. The van der Waals surface area contributed by atoms with Crippen molar-refractivity contribution in [2.45, 2.75) is 97.3 Å². The number of hydrogen-bond donors (Lipinski definition) is 6. The van der Waals surface area contributed by atoms with Gasteiger partial charge in [0.2, 0.25) is 29.5 Å². The summed E-state index contributed by atoms with van der Waals surface area (Å²) in [6.45, 7) is 8.97. The van der Waals surface area contributed by atoms with E-state index in [0.29, 0.717) is 43.7 Å². The molecule has 13 heteroatoms. The number of carbonyl (C=O) groups is 5. The average Bonchev–Trinajstić information content (AvgIpc) is 3.36. The number of benzene rings is 1. The number of aromatic nitrogens is 1. The quantitative estimate of drug-likeness (QED) is 0.136. The number of primary amides is 1. The van der Waals surface area contributed by atoms with Crippen molar-refractivity contribution in [3.05, 3.63) is 29.3 Å². The molecule has 1 aromatic heterocycles. The predicted octanol–water partition coefficient (Wildman–Crippen LogP) is 1.50. The number of fused-ring (bicyclic) bond motifs is 1. The highest BCUT2D eigenvalue weighted by molar-refractivity contribution is 7.18. The van der Waals surface area contributed by atoms with Crippen molar-refractivity contribution in [2.75, 3.05) is 6.54 Å². The minimum absolute atomic E-state index is 0.158. The number of amides is 5. The molecule has 1 aromatic carbocycles. The third kappa shape index (κ3) is 11.6. The maximum Gasteiger partial charge on any atom is 0.243 e. The Bertz CT molecular complexity index is 1220. The summed E-state index contributed by atoms with van der Waals surface area (Å²) in [5.41, 5.74) is 11.8. The molecule has 1 heterocycles. The summed E-state index contributed by atoms with van der Waals surface area (Å²) in [6.07, 6.45) is 2.71. The summed E-state index contributed by atoms with van der Waals surface area (Å²) < 4.78 is 0.966. The van der Waals surface area contributed by atoms with Crippen LogP contribution in [0.2, 0.25) is 0 Å². The summed E-state index contributed by atoms with van der Waals surface area (Å²) >= 11 is 1.44. The lowest BCUT2D eigenvalue weighted by molar-refractivity contribution is -0.134. The first-order valence-corrected chi connectivity index (χ1v) is 15.7. The van der Waals surface area contributed by atoms with Gasteiger partial charge >= 0.3 is 0 Å². The maximum atomic E-state index is 13.6. The van der Waals surface area contributed by atoms with Gasteiger partial charge in [0.25, 0.3) is 0 Å². The van der Waals surface area contributed by atoms with Crippen LogP contribution in [0.3, 0.4) is 0 Å². The lowest BCUT2D eigenvalue weighted by Gasteiger charge is -2.28. The molecule has 12 nitrogen and oxygen atoms in total. The predicted molar refractivity (Wildman–Crippen MR) is 168 cm³/mol. The molecule has 0 aliphatic rings. The van der Waals surface area contributed by atoms with Crippen molar-refractivity contribution in [2.24, 2.45) is 23.3 Å². The fraction of sp³-hybridized carbons (Fsp3) is 0.600. The molecule has 0 unspecified atom stereocenters. The fourth-order valence-corrected chi connectivity index (χ4v) is 5.68. The lowest BCUT2D eigenvalue weighted by Crippen LogP contribution is -2.59. The van der Waals surface area contributed by atoms with Gasteiger partial charge in [-0.2, -0.15) is 0 Å². The minimum Gasteiger partial charge on any atom is -0.369 e. The molecule has 0 aliphatic heterocycles. The highest BCUT2D eigenvalue weighted by Gasteiger charge is 2.33. The number of carbonyl (C=O) groups excluding carboxylic acids is 5. The Labute approximate surface area is 257 Å². The maximum absolute atomic E-state index is 13.6. The zero-order valence-electron chi connectivity index (χ0n) is 25.8. The van der Waals surface area contributed by atoms with Gasteiger partial charge in [-0.1, -0.05) is 39.3 Å². The van der Waals surface area contributed by atoms with Gasteiger partial charge in [0.1, 0.15) is 18.1 Å². The van der Waals surface area contributed by atoms with Gasteiger partial charge in [0.05, 0.1) is 15.2 Å². The van der Waals surface area contributed by atoms with Gasteiger partial charge in [-0.3, -0.25) is 24.0 Å². The van der Waals surface area contributed by atoms with Crippen molar-refractivity contribution in [1.82, 2.24) is 26.3 Å². The molecule has 5 amide bonds. The molecule has 0 radical (unpaired) electrons. The first-order valence-electron chi connectivity index (χ1n) is 14.9. The van der Waals surface area contributed by atoms with Gasteiger partial charge in [0, 0.05) is 25.3 Å². The molecule has 2 aromatic rings. The Morgan fingerprint density at radius 1 is 0.907 bits per heavy atom. The number of nitrogens with one attached hydrogen (secondary N) is 4. The van der Waals surface area contributed by atoms with Crippen LogP contribution in [-0.2, 0) is 30.4 Å². The van der Waals surface area contributed by atoms with Crippen molar-refractivity contribution < 1.29 is 24.0 Å². The Balaban J connectivity index is 2.20. The van der Waals surface area contributed by atoms with Gasteiger partial charge in [-0.25, -0.2) is 4.98 Å². The van der Waals surface area contributed by atoms with Gasteiger partial charge in [-0.05, 0) is 57.2 Å². The Morgan fingerprint density at radius 3 is 2.19 bits per heavy atom. The van der Waals surface area contributed by atoms with E-state index in [2.05, 4.69) is 26.3 Å². The number of nitrogens with zero attached hydrogens (tertiary/aromatic N) is 1. The largest absolute Gasteiger partial charge is 0.369 e. The molecule has 43 heavy (non-hydrogen) atoms. The molecular weight excluding hydrogens is 570 g/mol. The van der Waals surface area contributed by atoms with Crippen LogP contribution in [0.5, 0.6) is 0 Å². The lowest BCUT2D eigenvalue weighted by atomic mass is 9.96. The Kier molecular flexibility index (Phi) is 14.5. The molecule has 0 fully saturated rings. The van der Waals surface area contributed by atoms with Gasteiger partial charge in [0.15, 0.2) is 0 Å². The molecule has 0 saturated heterocycles. The van der Waals surface area contributed by atoms with Crippen LogP contribution < -0.4 is 32.7 Å². The summed E-state index contributed by atoms with van der Waals surface area (Å²) in [7, 11) is 0. The molecule has 0 spiro atoms. The second-order valence-corrected chi connectivity index (χ2v) is 12.3. The third-order valence-corrected chi connectivity index (χ3v) is 8.42. The van der Waals surface area contributed by atoms with Crippen molar-refractivity contribution in [1.29, 1.82) is 0 Å². The highest BCUT2D eigenvalue weighted by atomic mass is 32.1. The molecule has 0 aliphatic carbocycles. The summed E-state index contributed by atoms with van der Waals surface area (Å²) in [5, 5.41) is 11.9. The van der Waals surface area contributed by atoms with Crippen molar-refractivity contribution in [3.63, 3.8) is 0 Å². The van der Waals surface area contributed by atoms with Gasteiger partial charge < -0.3 is 32.7 Å². The first kappa shape index (κ1) is 35.6. The van der Waals surface area contributed by atoms with Crippen molar-refractivity contribution in [3.8, 4) is 0 Å². The summed E-state index contributed by atoms with van der Waals surface area (Å²) in [5.74, 6) is -2.96. The number of unbranched alkanes of at least 4 members (excludes halogenated alkanes) is 1. The zero-order valence-corrected chi connectivity index (χ0v) is 26.6. The number of thiazole rings is 1. The van der Waals surface area contributed by atoms with Crippen molar-refractivity contribution >= 4 is 51.1 Å². The number of para-hydroxylation sites is 1. The van der Waals surface area contributed by atoms with E-state index >= 15 is 0 Å². The minimum atomic E-state index is -0.957. The summed E-state index contributed by atoms with van der Waals surface area (Å²) in [4.78, 5) is 68.4. The second-order valence-electron chi connectivity index (χ2n) is 11.2. The van der Waals surface area contributed by atoms with E-state index in [-0.39, 0.29) is 24.3 Å². The Hall–Kier alpha value is -3.58. The summed E-state index contributed by atoms with van der Waals surface area (Å²) in [6, 6.07) is 4.47. The molecule has 6 atom stereocenters. The van der Waals surface area contributed by atoms with Crippen LogP contribution in [-0.4, -0.2) is 65.2 Å². The normalized spacial score (nSPS) is 15.4. The van der Waals surface area contributed by atoms with E-state index in [1.807, 2.05) is 38.1 Å². The molecular formula is C30H47N7O5S. The van der Waals surface area contributed by atoms with E-state index < -0.39 is 47.7 Å². The van der Waals surface area contributed by atoms with E-state index in [1.165, 1.54) is 18.3 Å². The fourth-order valence-electron chi connectivity index (χ4n) is 4.66. The molecule has 2 rings (SSSR count). The standard InChI is InChI=1S/C30H47N7O5S/c1-6-17(2)26(30(42)36-22(12-9-10-14-31)28(40)33-19(4)15-18(3)27(32)39)37-29(41)23(34-20(5)38)16-25-35-21-11-7-8-13-24(21)43-25/h7-8,11,13,17-19,22-23,26H,6,9-10,12,14-16,31H2,1-5H3,(H2,32,39)(H,33,40)(H,34,38)(H,36,42)(H,37,41)/t17-,18-,19-,22-,23-,26-/m0/s1.